The number of amides is 1. The summed E-state index contributed by atoms with van der Waals surface area (Å²) >= 11 is 2.76. The normalized spacial score (nSPS) is 10.6. The van der Waals surface area contributed by atoms with Crippen molar-refractivity contribution >= 4 is 34.1 Å². The number of rotatable bonds is 5. The number of anilines is 1. The highest BCUT2D eigenvalue weighted by atomic mass is 32.2. The van der Waals surface area contributed by atoms with Crippen molar-refractivity contribution in [2.45, 2.75) is 24.4 Å². The fourth-order valence-corrected chi connectivity index (χ4v) is 2.63. The molecule has 0 spiro atoms. The Kier molecular flexibility index (Phi) is 4.28. The fourth-order valence-electron chi connectivity index (χ4n) is 1.10. The van der Waals surface area contributed by atoms with Crippen molar-refractivity contribution in [2.24, 2.45) is 5.73 Å². The van der Waals surface area contributed by atoms with Gasteiger partial charge in [0.2, 0.25) is 11.8 Å². The van der Waals surface area contributed by atoms with Crippen LogP contribution in [-0.4, -0.2) is 21.1 Å². The number of nitrogens with one attached hydrogen (secondary N) is 1. The van der Waals surface area contributed by atoms with Gasteiger partial charge in [0.1, 0.15) is 0 Å². The van der Waals surface area contributed by atoms with Crippen molar-refractivity contribution in [1.82, 2.24) is 15.2 Å². The molecule has 0 atom stereocenters. The van der Waals surface area contributed by atoms with E-state index in [0.717, 1.165) is 5.69 Å². The van der Waals surface area contributed by atoms with Crippen LogP contribution in [0.3, 0.4) is 0 Å². The Hall–Kier alpha value is -1.45. The zero-order chi connectivity index (χ0) is 13.0. The summed E-state index contributed by atoms with van der Waals surface area (Å²) in [6, 6.07) is 0. The minimum atomic E-state index is -0.131. The topological polar surface area (TPSA) is 107 Å². The maximum absolute atomic E-state index is 10.8. The highest BCUT2D eigenvalue weighted by Crippen LogP contribution is 2.24. The number of aromatic nitrogens is 3. The molecule has 1 amide bonds. The van der Waals surface area contributed by atoms with Gasteiger partial charge in [-0.1, -0.05) is 11.8 Å². The van der Waals surface area contributed by atoms with Crippen LogP contribution in [0.4, 0.5) is 5.13 Å². The summed E-state index contributed by atoms with van der Waals surface area (Å²) in [5.74, 6) is 0.880. The second-order valence-corrected chi connectivity index (χ2v) is 5.06. The van der Waals surface area contributed by atoms with Gasteiger partial charge < -0.3 is 15.5 Å². The molecule has 0 aliphatic rings. The first kappa shape index (κ1) is 13.0. The van der Waals surface area contributed by atoms with Crippen molar-refractivity contribution in [3.8, 4) is 0 Å². The first-order valence-corrected chi connectivity index (χ1v) is 6.91. The molecule has 0 bridgehead atoms. The third-order valence-corrected chi connectivity index (χ3v) is 3.46. The summed E-state index contributed by atoms with van der Waals surface area (Å²) < 4.78 is 5.25. The van der Waals surface area contributed by atoms with Gasteiger partial charge in [-0.05, 0) is 0 Å². The fraction of sp³-hybridized carbons (Fsp3) is 0.333. The monoisotopic (exact) mass is 285 g/mol. The minimum absolute atomic E-state index is 0.131. The lowest BCUT2D eigenvalue weighted by molar-refractivity contribution is -0.114. The summed E-state index contributed by atoms with van der Waals surface area (Å²) in [6.07, 6.45) is 0. The second-order valence-electron chi connectivity index (χ2n) is 3.28. The Morgan fingerprint density at radius 1 is 1.61 bits per heavy atom. The van der Waals surface area contributed by atoms with Gasteiger partial charge in [-0.3, -0.25) is 4.79 Å². The lowest BCUT2D eigenvalue weighted by Crippen LogP contribution is -2.05. The molecule has 0 aliphatic carbocycles. The van der Waals surface area contributed by atoms with Gasteiger partial charge in [-0.2, -0.15) is 0 Å². The first-order chi connectivity index (χ1) is 8.67. The van der Waals surface area contributed by atoms with E-state index in [1.807, 2.05) is 5.38 Å². The van der Waals surface area contributed by atoms with E-state index in [2.05, 4.69) is 20.5 Å². The zero-order valence-corrected chi connectivity index (χ0v) is 11.2. The standard InChI is InChI=1S/C9H11N5O2S2/c1-5(15)11-8-12-6(3-17-8)4-18-9-14-13-7(2-10)16-9/h3H,2,4,10H2,1H3,(H,11,12,15). The molecule has 2 heterocycles. The van der Waals surface area contributed by atoms with Crippen molar-refractivity contribution < 1.29 is 9.21 Å². The SMILES string of the molecule is CC(=O)Nc1nc(CSc2nnc(CN)o2)cs1. The van der Waals surface area contributed by atoms with Gasteiger partial charge in [0.25, 0.3) is 5.22 Å². The Labute approximate surface area is 111 Å². The van der Waals surface area contributed by atoms with Crippen molar-refractivity contribution in [2.75, 3.05) is 5.32 Å². The lowest BCUT2D eigenvalue weighted by Gasteiger charge is -1.94. The first-order valence-electron chi connectivity index (χ1n) is 5.04. The van der Waals surface area contributed by atoms with E-state index in [4.69, 9.17) is 10.2 Å². The van der Waals surface area contributed by atoms with Crippen LogP contribution >= 0.6 is 23.1 Å². The number of thioether (sulfide) groups is 1. The molecule has 2 aromatic rings. The van der Waals surface area contributed by atoms with E-state index in [1.54, 1.807) is 0 Å². The quantitative estimate of drug-likeness (QED) is 0.796. The number of nitrogens with zero attached hydrogens (tertiary/aromatic N) is 3. The third-order valence-electron chi connectivity index (χ3n) is 1.80. The Morgan fingerprint density at radius 2 is 2.44 bits per heavy atom. The summed E-state index contributed by atoms with van der Waals surface area (Å²) in [7, 11) is 0. The molecule has 7 nitrogen and oxygen atoms in total. The maximum Gasteiger partial charge on any atom is 0.277 e. The summed E-state index contributed by atoms with van der Waals surface area (Å²) in [6.45, 7) is 1.68. The molecule has 0 aliphatic heterocycles. The molecule has 96 valence electrons. The molecule has 2 aromatic heterocycles. The Morgan fingerprint density at radius 3 is 3.11 bits per heavy atom. The lowest BCUT2D eigenvalue weighted by atomic mass is 10.6. The molecular formula is C9H11N5O2S2. The van der Waals surface area contributed by atoms with E-state index in [0.29, 0.717) is 22.0 Å². The van der Waals surface area contributed by atoms with Crippen LogP contribution in [0.1, 0.15) is 18.5 Å². The molecule has 0 fully saturated rings. The average Bonchev–Trinajstić information content (AvgIpc) is 2.94. The van der Waals surface area contributed by atoms with Crippen LogP contribution in [0.2, 0.25) is 0 Å². The largest absolute Gasteiger partial charge is 0.415 e. The highest BCUT2D eigenvalue weighted by molar-refractivity contribution is 7.98. The second kappa shape index (κ2) is 5.94. The average molecular weight is 285 g/mol. The number of carbonyl (C=O) groups is 1. The summed E-state index contributed by atoms with van der Waals surface area (Å²) in [4.78, 5) is 15.1. The van der Waals surface area contributed by atoms with E-state index in [9.17, 15) is 4.79 Å². The number of carbonyl (C=O) groups excluding carboxylic acids is 1. The molecule has 3 N–H and O–H groups in total. The molecule has 0 saturated carbocycles. The smallest absolute Gasteiger partial charge is 0.277 e. The van der Waals surface area contributed by atoms with Gasteiger partial charge in [0, 0.05) is 18.1 Å². The van der Waals surface area contributed by atoms with Crippen LogP contribution < -0.4 is 11.1 Å². The zero-order valence-electron chi connectivity index (χ0n) is 9.54. The number of hydrogen-bond donors (Lipinski definition) is 2. The van der Waals surface area contributed by atoms with Gasteiger partial charge in [0.15, 0.2) is 5.13 Å². The molecule has 0 aromatic carbocycles. The Bertz CT molecular complexity index is 539. The predicted molar refractivity (Wildman–Crippen MR) is 68.2 cm³/mol. The van der Waals surface area contributed by atoms with E-state index in [-0.39, 0.29) is 12.5 Å². The van der Waals surface area contributed by atoms with Gasteiger partial charge in [-0.15, -0.1) is 21.5 Å². The van der Waals surface area contributed by atoms with Crippen LogP contribution in [0.15, 0.2) is 15.0 Å². The molecule has 18 heavy (non-hydrogen) atoms. The number of hydrogen-bond acceptors (Lipinski definition) is 8. The Balaban J connectivity index is 1.89. The summed E-state index contributed by atoms with van der Waals surface area (Å²) in [5, 5.41) is 13.1. The molecule has 0 saturated heterocycles. The van der Waals surface area contributed by atoms with E-state index < -0.39 is 0 Å². The highest BCUT2D eigenvalue weighted by Gasteiger charge is 2.08. The van der Waals surface area contributed by atoms with Gasteiger partial charge in [0.05, 0.1) is 12.2 Å². The molecule has 0 radical (unpaired) electrons. The number of nitrogens with two attached hydrogens (primary N) is 1. The van der Waals surface area contributed by atoms with Crippen molar-refractivity contribution in [3.63, 3.8) is 0 Å². The predicted octanol–water partition coefficient (Wildman–Crippen LogP) is 1.24. The van der Waals surface area contributed by atoms with Gasteiger partial charge >= 0.3 is 0 Å². The van der Waals surface area contributed by atoms with Crippen molar-refractivity contribution in [1.29, 1.82) is 0 Å². The van der Waals surface area contributed by atoms with E-state index in [1.165, 1.54) is 30.0 Å². The maximum atomic E-state index is 10.8. The molecule has 2 rings (SSSR count). The third kappa shape index (κ3) is 3.52. The van der Waals surface area contributed by atoms with Crippen LogP contribution in [-0.2, 0) is 17.1 Å². The number of thiazole rings is 1. The van der Waals surface area contributed by atoms with E-state index >= 15 is 0 Å². The van der Waals surface area contributed by atoms with Crippen LogP contribution in [0.25, 0.3) is 0 Å². The van der Waals surface area contributed by atoms with Crippen LogP contribution in [0.5, 0.6) is 0 Å². The molecular weight excluding hydrogens is 274 g/mol. The minimum Gasteiger partial charge on any atom is -0.415 e. The molecule has 0 unspecified atom stereocenters. The van der Waals surface area contributed by atoms with Gasteiger partial charge in [-0.25, -0.2) is 4.98 Å². The van der Waals surface area contributed by atoms with Crippen LogP contribution in [0, 0.1) is 0 Å². The molecule has 9 heteroatoms. The van der Waals surface area contributed by atoms with Crippen molar-refractivity contribution in [3.05, 3.63) is 17.0 Å². The summed E-state index contributed by atoms with van der Waals surface area (Å²) in [5.41, 5.74) is 6.21.